The molecule has 1 heterocycles. The van der Waals surface area contributed by atoms with Crippen molar-refractivity contribution in [2.75, 3.05) is 7.11 Å². The lowest BCUT2D eigenvalue weighted by molar-refractivity contribution is -0.153. The smallest absolute Gasteiger partial charge is 0.317 e. The summed E-state index contributed by atoms with van der Waals surface area (Å²) in [5.74, 6) is -0.940. The fraction of sp³-hybridized carbons (Fsp3) is 0.800. The molecule has 0 aromatic heterocycles. The van der Waals surface area contributed by atoms with Crippen molar-refractivity contribution in [1.82, 2.24) is 0 Å². The van der Waals surface area contributed by atoms with Crippen molar-refractivity contribution in [3.8, 4) is 0 Å². The zero-order valence-electron chi connectivity index (χ0n) is 9.54. The predicted octanol–water partition coefficient (Wildman–Crippen LogP) is 1.71. The normalized spacial score (nSPS) is 21.9. The van der Waals surface area contributed by atoms with Gasteiger partial charge < -0.3 is 9.16 Å². The van der Waals surface area contributed by atoms with Crippen LogP contribution in [-0.4, -0.2) is 27.4 Å². The Hall–Kier alpha value is -0.683. The summed E-state index contributed by atoms with van der Waals surface area (Å²) in [6, 6.07) is 1.02. The van der Waals surface area contributed by atoms with E-state index in [1.807, 2.05) is 0 Å². The van der Waals surface area contributed by atoms with Crippen LogP contribution in [0.5, 0.6) is 0 Å². The average molecular weight is 230 g/mol. The van der Waals surface area contributed by atoms with E-state index in [2.05, 4.69) is 17.8 Å². The largest absolute Gasteiger partial charge is 0.420 e. The second-order valence-corrected chi connectivity index (χ2v) is 8.98. The molecular weight excluding hydrogens is 212 g/mol. The molecule has 0 bridgehead atoms. The van der Waals surface area contributed by atoms with Gasteiger partial charge in [-0.1, -0.05) is 6.42 Å². The lowest BCUT2D eigenvalue weighted by Crippen LogP contribution is -2.28. The number of carbonyl (C=O) groups excluding carboxylic acids is 2. The highest BCUT2D eigenvalue weighted by atomic mass is 28.4. The Balaban J connectivity index is 2.26. The molecule has 1 aliphatic rings. The summed E-state index contributed by atoms with van der Waals surface area (Å²) in [6.45, 7) is 4.29. The van der Waals surface area contributed by atoms with Crippen molar-refractivity contribution in [2.24, 2.45) is 5.92 Å². The van der Waals surface area contributed by atoms with Gasteiger partial charge in [0.25, 0.3) is 0 Å². The van der Waals surface area contributed by atoms with Gasteiger partial charge in [-0.3, -0.25) is 9.59 Å². The molecule has 1 saturated heterocycles. The van der Waals surface area contributed by atoms with E-state index in [4.69, 9.17) is 4.43 Å². The van der Waals surface area contributed by atoms with Gasteiger partial charge in [-0.05, 0) is 25.6 Å². The van der Waals surface area contributed by atoms with E-state index in [0.717, 1.165) is 18.9 Å². The molecular formula is C10H18O4Si. The number of rotatable bonds is 5. The average Bonchev–Trinajstić information content (AvgIpc) is 2.45. The summed E-state index contributed by atoms with van der Waals surface area (Å²) in [5, 5.41) is 0. The first kappa shape index (κ1) is 12.4. The van der Waals surface area contributed by atoms with E-state index in [9.17, 15) is 9.59 Å². The fourth-order valence-corrected chi connectivity index (χ4v) is 2.88. The minimum Gasteiger partial charge on any atom is -0.420 e. The molecule has 1 atom stereocenters. The highest BCUT2D eigenvalue weighted by Gasteiger charge is 2.33. The van der Waals surface area contributed by atoms with Crippen LogP contribution in [0.1, 0.15) is 19.3 Å². The van der Waals surface area contributed by atoms with E-state index >= 15 is 0 Å². The van der Waals surface area contributed by atoms with Crippen molar-refractivity contribution < 1.29 is 18.8 Å². The zero-order chi connectivity index (χ0) is 11.5. The second kappa shape index (κ2) is 4.89. The zero-order valence-corrected chi connectivity index (χ0v) is 10.5. The van der Waals surface area contributed by atoms with Crippen LogP contribution in [0.2, 0.25) is 19.1 Å². The van der Waals surface area contributed by atoms with Crippen molar-refractivity contribution in [1.29, 1.82) is 0 Å². The van der Waals surface area contributed by atoms with Crippen LogP contribution in [0, 0.1) is 5.92 Å². The highest BCUT2D eigenvalue weighted by Crippen LogP contribution is 2.24. The number of hydrogen-bond donors (Lipinski definition) is 0. The topological polar surface area (TPSA) is 52.6 Å². The van der Waals surface area contributed by atoms with Crippen LogP contribution in [0.4, 0.5) is 0 Å². The summed E-state index contributed by atoms with van der Waals surface area (Å²) in [6.07, 6.45) is 1.93. The quantitative estimate of drug-likeness (QED) is 0.410. The van der Waals surface area contributed by atoms with Crippen LogP contribution in [0.15, 0.2) is 0 Å². The third-order valence-corrected chi connectivity index (χ3v) is 5.51. The molecule has 0 aromatic rings. The number of cyclic esters (lactones) is 2. The van der Waals surface area contributed by atoms with Crippen LogP contribution in [-0.2, 0) is 18.8 Å². The summed E-state index contributed by atoms with van der Waals surface area (Å²) >= 11 is 0. The van der Waals surface area contributed by atoms with Crippen molar-refractivity contribution in [2.45, 2.75) is 38.4 Å². The molecule has 5 heteroatoms. The molecule has 0 spiro atoms. The number of ether oxygens (including phenoxy) is 1. The third-order valence-electron chi connectivity index (χ3n) is 2.84. The van der Waals surface area contributed by atoms with Gasteiger partial charge in [0.05, 0.1) is 12.3 Å². The first-order chi connectivity index (χ1) is 6.94. The van der Waals surface area contributed by atoms with Gasteiger partial charge in [0.2, 0.25) is 0 Å². The van der Waals surface area contributed by atoms with Crippen molar-refractivity contribution in [3.63, 3.8) is 0 Å². The van der Waals surface area contributed by atoms with Gasteiger partial charge in [-0.15, -0.1) is 0 Å². The molecule has 4 nitrogen and oxygen atoms in total. The molecule has 0 aliphatic carbocycles. The first-order valence-corrected chi connectivity index (χ1v) is 8.36. The third kappa shape index (κ3) is 3.75. The minimum absolute atomic E-state index is 0.209. The summed E-state index contributed by atoms with van der Waals surface area (Å²) in [7, 11) is 0.210. The molecule has 0 amide bonds. The van der Waals surface area contributed by atoms with E-state index < -0.39 is 8.32 Å². The van der Waals surface area contributed by atoms with Gasteiger partial charge in [-0.25, -0.2) is 0 Å². The van der Waals surface area contributed by atoms with Crippen molar-refractivity contribution >= 4 is 20.3 Å². The molecule has 0 aromatic carbocycles. The highest BCUT2D eigenvalue weighted by molar-refractivity contribution is 6.71. The van der Waals surface area contributed by atoms with Gasteiger partial charge in [0, 0.05) is 7.11 Å². The predicted molar refractivity (Wildman–Crippen MR) is 57.7 cm³/mol. The van der Waals surface area contributed by atoms with Crippen LogP contribution < -0.4 is 0 Å². The number of esters is 2. The van der Waals surface area contributed by atoms with Crippen LogP contribution in [0.3, 0.4) is 0 Å². The number of hydrogen-bond acceptors (Lipinski definition) is 4. The minimum atomic E-state index is -1.53. The van der Waals surface area contributed by atoms with Gasteiger partial charge in [0.1, 0.15) is 0 Å². The Morgan fingerprint density at radius 3 is 2.60 bits per heavy atom. The summed E-state index contributed by atoms with van der Waals surface area (Å²) < 4.78 is 9.89. The molecule has 1 unspecified atom stereocenters. The lowest BCUT2D eigenvalue weighted by Gasteiger charge is -2.19. The molecule has 0 N–H and O–H groups in total. The molecule has 86 valence electrons. The Bertz CT molecular complexity index is 262. The maximum Gasteiger partial charge on any atom is 0.317 e. The fourth-order valence-electron chi connectivity index (χ4n) is 1.62. The van der Waals surface area contributed by atoms with E-state index in [1.165, 1.54) is 0 Å². The summed E-state index contributed by atoms with van der Waals surface area (Å²) in [5.41, 5.74) is 0. The molecule has 15 heavy (non-hydrogen) atoms. The monoisotopic (exact) mass is 230 g/mol. The SMILES string of the molecule is CO[Si](C)(C)CCCC1CC(=O)OC1=O. The Labute approximate surface area is 91.1 Å². The summed E-state index contributed by atoms with van der Waals surface area (Å²) in [4.78, 5) is 22.0. The molecule has 1 aliphatic heterocycles. The maximum atomic E-state index is 11.1. The van der Waals surface area contributed by atoms with E-state index in [-0.39, 0.29) is 24.3 Å². The molecule has 1 fully saturated rings. The second-order valence-electron chi connectivity index (χ2n) is 4.55. The molecule has 0 saturated carbocycles. The lowest BCUT2D eigenvalue weighted by atomic mass is 10.0. The Morgan fingerprint density at radius 2 is 2.13 bits per heavy atom. The maximum absolute atomic E-state index is 11.1. The van der Waals surface area contributed by atoms with E-state index in [1.54, 1.807) is 7.11 Å². The Kier molecular flexibility index (Phi) is 4.04. The van der Waals surface area contributed by atoms with E-state index in [0.29, 0.717) is 0 Å². The molecule has 0 radical (unpaired) electrons. The molecule has 1 rings (SSSR count). The number of carbonyl (C=O) groups is 2. The Morgan fingerprint density at radius 1 is 1.47 bits per heavy atom. The van der Waals surface area contributed by atoms with Gasteiger partial charge in [-0.2, -0.15) is 0 Å². The van der Waals surface area contributed by atoms with Crippen LogP contribution in [0.25, 0.3) is 0 Å². The van der Waals surface area contributed by atoms with Gasteiger partial charge >= 0.3 is 11.9 Å². The van der Waals surface area contributed by atoms with Gasteiger partial charge in [0.15, 0.2) is 8.32 Å². The standard InChI is InChI=1S/C10H18O4Si/c1-13-15(2,3)6-4-5-8-7-9(11)14-10(8)12/h8H,4-7H2,1-3H3. The van der Waals surface area contributed by atoms with Crippen LogP contribution >= 0.6 is 0 Å². The first-order valence-electron chi connectivity index (χ1n) is 5.24. The van der Waals surface area contributed by atoms with Crippen molar-refractivity contribution in [3.05, 3.63) is 0 Å².